The van der Waals surface area contributed by atoms with Crippen LogP contribution in [0.1, 0.15) is 18.2 Å². The smallest absolute Gasteiger partial charge is 0.105 e. The van der Waals surface area contributed by atoms with Crippen molar-refractivity contribution in [3.63, 3.8) is 0 Å². The van der Waals surface area contributed by atoms with Gasteiger partial charge >= 0.3 is 0 Å². The number of anilines is 1. The Morgan fingerprint density at radius 1 is 1.35 bits per heavy atom. The van der Waals surface area contributed by atoms with Gasteiger partial charge in [-0.3, -0.25) is 0 Å². The van der Waals surface area contributed by atoms with Crippen LogP contribution in [0.3, 0.4) is 0 Å². The number of halogens is 1. The zero-order chi connectivity index (χ0) is 12.3. The first-order chi connectivity index (χ1) is 8.15. The molecule has 0 radical (unpaired) electrons. The summed E-state index contributed by atoms with van der Waals surface area (Å²) in [4.78, 5) is 0. The molecule has 1 atom stereocenters. The van der Waals surface area contributed by atoms with E-state index in [-0.39, 0.29) is 0 Å². The maximum atomic E-state index is 5.34. The van der Waals surface area contributed by atoms with Crippen LogP contribution in [0.2, 0.25) is 0 Å². The summed E-state index contributed by atoms with van der Waals surface area (Å²) in [5.41, 5.74) is 2.37. The molecule has 0 aliphatic heterocycles. The average molecular weight is 294 g/mol. The van der Waals surface area contributed by atoms with E-state index in [0.29, 0.717) is 6.04 Å². The van der Waals surface area contributed by atoms with Gasteiger partial charge in [-0.25, -0.2) is 0 Å². The van der Waals surface area contributed by atoms with Crippen LogP contribution < -0.4 is 5.32 Å². The molecule has 0 aliphatic rings. The molecule has 3 heteroatoms. The third-order valence-electron chi connectivity index (χ3n) is 2.61. The number of hydrogen-bond acceptors (Lipinski definition) is 2. The number of aryl methyl sites for hydroxylation is 1. The van der Waals surface area contributed by atoms with Gasteiger partial charge in [0.05, 0.1) is 6.26 Å². The third kappa shape index (κ3) is 3.37. The van der Waals surface area contributed by atoms with Crippen LogP contribution in [0.25, 0.3) is 0 Å². The molecule has 1 N–H and O–H groups in total. The van der Waals surface area contributed by atoms with Gasteiger partial charge in [0.25, 0.3) is 0 Å². The molecule has 2 rings (SSSR count). The highest BCUT2D eigenvalue weighted by molar-refractivity contribution is 9.10. The van der Waals surface area contributed by atoms with Crippen molar-refractivity contribution in [2.24, 2.45) is 0 Å². The molecule has 0 saturated carbocycles. The fraction of sp³-hybridized carbons (Fsp3) is 0.286. The van der Waals surface area contributed by atoms with E-state index in [2.05, 4.69) is 53.3 Å². The van der Waals surface area contributed by atoms with Crippen LogP contribution in [-0.4, -0.2) is 6.04 Å². The highest BCUT2D eigenvalue weighted by Gasteiger charge is 2.07. The van der Waals surface area contributed by atoms with E-state index in [0.717, 1.165) is 22.3 Å². The third-order valence-corrected chi connectivity index (χ3v) is 3.27. The Kier molecular flexibility index (Phi) is 3.89. The largest absolute Gasteiger partial charge is 0.469 e. The quantitative estimate of drug-likeness (QED) is 0.904. The molecule has 0 spiro atoms. The van der Waals surface area contributed by atoms with Gasteiger partial charge in [-0.1, -0.05) is 6.07 Å². The summed E-state index contributed by atoms with van der Waals surface area (Å²) in [7, 11) is 0. The molecule has 1 aromatic carbocycles. The lowest BCUT2D eigenvalue weighted by Crippen LogP contribution is -2.18. The first kappa shape index (κ1) is 12.2. The first-order valence-corrected chi connectivity index (χ1v) is 6.49. The minimum Gasteiger partial charge on any atom is -0.469 e. The second kappa shape index (κ2) is 5.41. The monoisotopic (exact) mass is 293 g/mol. The minimum atomic E-state index is 0.333. The Morgan fingerprint density at radius 3 is 2.82 bits per heavy atom. The Morgan fingerprint density at radius 2 is 2.18 bits per heavy atom. The molecule has 0 aliphatic carbocycles. The van der Waals surface area contributed by atoms with Crippen LogP contribution >= 0.6 is 15.9 Å². The molecule has 1 unspecified atom stereocenters. The van der Waals surface area contributed by atoms with Crippen LogP contribution in [0, 0.1) is 6.92 Å². The summed E-state index contributed by atoms with van der Waals surface area (Å²) in [6.45, 7) is 4.23. The topological polar surface area (TPSA) is 25.2 Å². The SMILES string of the molecule is Cc1ccc(NC(C)Cc2ccco2)c(Br)c1. The molecule has 0 bridgehead atoms. The van der Waals surface area contributed by atoms with E-state index in [1.54, 1.807) is 6.26 Å². The predicted molar refractivity (Wildman–Crippen MR) is 74.4 cm³/mol. The van der Waals surface area contributed by atoms with E-state index in [1.165, 1.54) is 5.56 Å². The number of hydrogen-bond donors (Lipinski definition) is 1. The van der Waals surface area contributed by atoms with Crippen molar-refractivity contribution < 1.29 is 4.42 Å². The summed E-state index contributed by atoms with van der Waals surface area (Å²) in [5.74, 6) is 1.01. The van der Waals surface area contributed by atoms with Crippen LogP contribution in [0.4, 0.5) is 5.69 Å². The number of rotatable bonds is 4. The van der Waals surface area contributed by atoms with E-state index in [4.69, 9.17) is 4.42 Å². The van der Waals surface area contributed by atoms with Crippen molar-refractivity contribution in [1.82, 2.24) is 0 Å². The van der Waals surface area contributed by atoms with Crippen molar-refractivity contribution in [2.45, 2.75) is 26.3 Å². The van der Waals surface area contributed by atoms with Gasteiger partial charge in [0.15, 0.2) is 0 Å². The molecule has 0 amide bonds. The van der Waals surface area contributed by atoms with Crippen LogP contribution in [0.5, 0.6) is 0 Å². The lowest BCUT2D eigenvalue weighted by atomic mass is 10.1. The zero-order valence-electron chi connectivity index (χ0n) is 10.0. The average Bonchev–Trinajstić information content (AvgIpc) is 2.75. The minimum absolute atomic E-state index is 0.333. The molecule has 0 saturated heterocycles. The molecule has 2 nitrogen and oxygen atoms in total. The molecule has 90 valence electrons. The molecule has 0 fully saturated rings. The van der Waals surface area contributed by atoms with Crippen molar-refractivity contribution in [3.05, 3.63) is 52.4 Å². The van der Waals surface area contributed by atoms with Crippen LogP contribution in [-0.2, 0) is 6.42 Å². The van der Waals surface area contributed by atoms with Crippen LogP contribution in [0.15, 0.2) is 45.5 Å². The Hall–Kier alpha value is -1.22. The Labute approximate surface area is 110 Å². The summed E-state index contributed by atoms with van der Waals surface area (Å²) < 4.78 is 6.44. The first-order valence-electron chi connectivity index (χ1n) is 5.70. The Balaban J connectivity index is 2.00. The zero-order valence-corrected chi connectivity index (χ0v) is 11.6. The van der Waals surface area contributed by atoms with E-state index >= 15 is 0 Å². The van der Waals surface area contributed by atoms with Crippen molar-refractivity contribution in [1.29, 1.82) is 0 Å². The lowest BCUT2D eigenvalue weighted by Gasteiger charge is -2.15. The van der Waals surface area contributed by atoms with Gasteiger partial charge in [-0.15, -0.1) is 0 Å². The molecule has 1 heterocycles. The van der Waals surface area contributed by atoms with E-state index in [9.17, 15) is 0 Å². The molecule has 2 aromatic rings. The highest BCUT2D eigenvalue weighted by atomic mass is 79.9. The van der Waals surface area contributed by atoms with E-state index < -0.39 is 0 Å². The second-order valence-electron chi connectivity index (χ2n) is 4.31. The standard InChI is InChI=1S/C14H16BrNO/c1-10-5-6-14(13(15)8-10)16-11(2)9-12-4-3-7-17-12/h3-8,11,16H,9H2,1-2H3. The molecule has 17 heavy (non-hydrogen) atoms. The fourth-order valence-electron chi connectivity index (χ4n) is 1.78. The van der Waals surface area contributed by atoms with Gasteiger partial charge in [-0.05, 0) is 59.6 Å². The van der Waals surface area contributed by atoms with Gasteiger partial charge in [0.2, 0.25) is 0 Å². The van der Waals surface area contributed by atoms with Crippen molar-refractivity contribution in [2.75, 3.05) is 5.32 Å². The highest BCUT2D eigenvalue weighted by Crippen LogP contribution is 2.24. The molecule has 1 aromatic heterocycles. The van der Waals surface area contributed by atoms with Gasteiger partial charge in [0, 0.05) is 22.6 Å². The Bertz CT molecular complexity index is 479. The molecular formula is C14H16BrNO. The second-order valence-corrected chi connectivity index (χ2v) is 5.17. The lowest BCUT2D eigenvalue weighted by molar-refractivity contribution is 0.498. The summed E-state index contributed by atoms with van der Waals surface area (Å²) in [6.07, 6.45) is 2.59. The fourth-order valence-corrected chi connectivity index (χ4v) is 2.39. The van der Waals surface area contributed by atoms with Gasteiger partial charge in [0.1, 0.15) is 5.76 Å². The number of furan rings is 1. The van der Waals surface area contributed by atoms with Crippen molar-refractivity contribution >= 4 is 21.6 Å². The number of benzene rings is 1. The molecular weight excluding hydrogens is 278 g/mol. The summed E-state index contributed by atoms with van der Waals surface area (Å²) >= 11 is 3.57. The summed E-state index contributed by atoms with van der Waals surface area (Å²) in [5, 5.41) is 3.47. The van der Waals surface area contributed by atoms with Gasteiger partial charge in [-0.2, -0.15) is 0 Å². The normalized spacial score (nSPS) is 12.4. The number of nitrogens with one attached hydrogen (secondary N) is 1. The van der Waals surface area contributed by atoms with Crippen molar-refractivity contribution in [3.8, 4) is 0 Å². The maximum absolute atomic E-state index is 5.34. The van der Waals surface area contributed by atoms with Gasteiger partial charge < -0.3 is 9.73 Å². The van der Waals surface area contributed by atoms with E-state index in [1.807, 2.05) is 12.1 Å². The summed E-state index contributed by atoms with van der Waals surface area (Å²) in [6, 6.07) is 10.6. The maximum Gasteiger partial charge on any atom is 0.105 e. The predicted octanol–water partition coefficient (Wildman–Crippen LogP) is 4.39.